The summed E-state index contributed by atoms with van der Waals surface area (Å²) in [5, 5.41) is 24.5. The third-order valence-corrected chi connectivity index (χ3v) is 3.60. The second kappa shape index (κ2) is 5.25. The van der Waals surface area contributed by atoms with Gasteiger partial charge in [0.15, 0.2) is 0 Å². The maximum absolute atomic E-state index is 11.9. The molecule has 1 aromatic carbocycles. The number of thiophene rings is 1. The lowest BCUT2D eigenvalue weighted by Gasteiger charge is -2.06. The normalized spacial score (nSPS) is 10.2. The Morgan fingerprint density at radius 1 is 1.42 bits per heavy atom. The lowest BCUT2D eigenvalue weighted by atomic mass is 10.2. The zero-order chi connectivity index (χ0) is 14.0. The maximum Gasteiger partial charge on any atom is 0.271 e. The summed E-state index contributed by atoms with van der Waals surface area (Å²) in [6, 6.07) is 4.93. The van der Waals surface area contributed by atoms with Crippen molar-refractivity contribution >= 4 is 40.2 Å². The molecule has 0 atom stereocenters. The molecule has 1 aromatic heterocycles. The van der Waals surface area contributed by atoms with E-state index in [0.717, 1.165) is 29.5 Å². The molecule has 0 spiro atoms. The summed E-state index contributed by atoms with van der Waals surface area (Å²) in [5.74, 6) is -0.789. The van der Waals surface area contributed by atoms with Gasteiger partial charge in [0.2, 0.25) is 0 Å². The lowest BCUT2D eigenvalue weighted by molar-refractivity contribution is -0.384. The Bertz CT molecular complexity index is 656. The number of nitrogens with zero attached hydrogens (tertiary/aromatic N) is 1. The average Bonchev–Trinajstić information content (AvgIpc) is 2.78. The molecule has 0 unspecified atom stereocenters. The Kier molecular flexibility index (Phi) is 3.68. The fraction of sp³-hybridized carbons (Fsp3) is 0. The summed E-state index contributed by atoms with van der Waals surface area (Å²) in [5.41, 5.74) is -0.269. The molecule has 0 radical (unpaired) electrons. The number of nitro benzene ring substituents is 1. The molecule has 2 rings (SSSR count). The predicted molar refractivity (Wildman–Crippen MR) is 72.0 cm³/mol. The van der Waals surface area contributed by atoms with Crippen LogP contribution in [0.4, 0.5) is 11.4 Å². The molecule has 1 amide bonds. The number of amides is 1. The molecule has 0 aliphatic rings. The minimum absolute atomic E-state index is 0.0383. The van der Waals surface area contributed by atoms with Crippen molar-refractivity contribution in [1.29, 1.82) is 0 Å². The number of phenolic OH excluding ortho intramolecular Hbond substituents is 1. The van der Waals surface area contributed by atoms with Crippen LogP contribution in [0.15, 0.2) is 29.6 Å². The van der Waals surface area contributed by atoms with Crippen LogP contribution in [0.2, 0.25) is 5.02 Å². The molecule has 0 saturated carbocycles. The van der Waals surface area contributed by atoms with E-state index in [1.807, 2.05) is 0 Å². The van der Waals surface area contributed by atoms with Gasteiger partial charge in [-0.1, -0.05) is 11.6 Å². The molecule has 8 heteroatoms. The van der Waals surface area contributed by atoms with Gasteiger partial charge in [0.05, 0.1) is 15.6 Å². The SMILES string of the molecule is O=C(Nc1cc([N+](=O)[O-])ccc1O)c1sccc1Cl. The number of rotatable bonds is 3. The van der Waals surface area contributed by atoms with Crippen molar-refractivity contribution in [2.45, 2.75) is 0 Å². The molecular weight excluding hydrogens is 292 g/mol. The van der Waals surface area contributed by atoms with E-state index in [-0.39, 0.29) is 27.0 Å². The van der Waals surface area contributed by atoms with Gasteiger partial charge in [0.1, 0.15) is 10.6 Å². The van der Waals surface area contributed by atoms with Crippen LogP contribution in [0.25, 0.3) is 0 Å². The number of non-ortho nitro benzene ring substituents is 1. The third-order valence-electron chi connectivity index (χ3n) is 2.26. The highest BCUT2D eigenvalue weighted by atomic mass is 35.5. The number of hydrogen-bond acceptors (Lipinski definition) is 5. The number of benzene rings is 1. The second-order valence-corrected chi connectivity index (χ2v) is 4.83. The first kappa shape index (κ1) is 13.3. The van der Waals surface area contributed by atoms with Crippen molar-refractivity contribution in [1.82, 2.24) is 0 Å². The summed E-state index contributed by atoms with van der Waals surface area (Å²) in [7, 11) is 0. The number of carbonyl (C=O) groups is 1. The average molecular weight is 299 g/mol. The summed E-state index contributed by atoms with van der Waals surface area (Å²) in [4.78, 5) is 22.1. The largest absolute Gasteiger partial charge is 0.506 e. The molecule has 2 aromatic rings. The minimum atomic E-state index is -0.618. The summed E-state index contributed by atoms with van der Waals surface area (Å²) >= 11 is 6.94. The minimum Gasteiger partial charge on any atom is -0.506 e. The first-order valence-corrected chi connectivity index (χ1v) is 6.26. The second-order valence-electron chi connectivity index (χ2n) is 3.51. The highest BCUT2D eigenvalue weighted by Gasteiger charge is 2.16. The number of nitrogens with one attached hydrogen (secondary N) is 1. The highest BCUT2D eigenvalue weighted by molar-refractivity contribution is 7.12. The van der Waals surface area contributed by atoms with E-state index in [1.54, 1.807) is 11.4 Å². The summed E-state index contributed by atoms with van der Waals surface area (Å²) in [6.45, 7) is 0. The van der Waals surface area contributed by atoms with Crippen molar-refractivity contribution in [3.8, 4) is 5.75 Å². The number of anilines is 1. The predicted octanol–water partition coefficient (Wildman–Crippen LogP) is 3.27. The Labute approximate surface area is 116 Å². The molecule has 0 fully saturated rings. The zero-order valence-corrected chi connectivity index (χ0v) is 10.9. The van der Waals surface area contributed by atoms with Gasteiger partial charge >= 0.3 is 0 Å². The van der Waals surface area contributed by atoms with Gasteiger partial charge in [-0.25, -0.2) is 0 Å². The van der Waals surface area contributed by atoms with Crippen LogP contribution in [0.1, 0.15) is 9.67 Å². The molecule has 98 valence electrons. The van der Waals surface area contributed by atoms with E-state index < -0.39 is 10.8 Å². The van der Waals surface area contributed by atoms with Crippen LogP contribution < -0.4 is 5.32 Å². The monoisotopic (exact) mass is 298 g/mol. The van der Waals surface area contributed by atoms with E-state index in [1.165, 1.54) is 0 Å². The molecule has 0 aliphatic carbocycles. The maximum atomic E-state index is 11.9. The van der Waals surface area contributed by atoms with Crippen LogP contribution >= 0.6 is 22.9 Å². The van der Waals surface area contributed by atoms with E-state index >= 15 is 0 Å². The Morgan fingerprint density at radius 3 is 2.74 bits per heavy atom. The van der Waals surface area contributed by atoms with Gasteiger partial charge in [-0.2, -0.15) is 0 Å². The van der Waals surface area contributed by atoms with E-state index in [0.29, 0.717) is 0 Å². The summed E-state index contributed by atoms with van der Waals surface area (Å²) in [6.07, 6.45) is 0. The summed E-state index contributed by atoms with van der Waals surface area (Å²) < 4.78 is 0. The van der Waals surface area contributed by atoms with E-state index in [9.17, 15) is 20.0 Å². The standard InChI is InChI=1S/C11H7ClN2O4S/c12-7-3-4-19-10(7)11(16)13-8-5-6(14(17)18)1-2-9(8)15/h1-5,15H,(H,13,16). The van der Waals surface area contributed by atoms with Crippen LogP contribution in [0.5, 0.6) is 5.75 Å². The van der Waals surface area contributed by atoms with E-state index in [2.05, 4.69) is 5.32 Å². The van der Waals surface area contributed by atoms with Crippen LogP contribution in [0.3, 0.4) is 0 Å². The third kappa shape index (κ3) is 2.83. The van der Waals surface area contributed by atoms with Gasteiger partial charge in [-0.05, 0) is 17.5 Å². The molecule has 0 bridgehead atoms. The van der Waals surface area contributed by atoms with Crippen molar-refractivity contribution in [2.24, 2.45) is 0 Å². The molecule has 0 saturated heterocycles. The van der Waals surface area contributed by atoms with Gasteiger partial charge in [-0.3, -0.25) is 14.9 Å². The van der Waals surface area contributed by atoms with Gasteiger partial charge in [0.25, 0.3) is 11.6 Å². The number of aromatic hydroxyl groups is 1. The first-order chi connectivity index (χ1) is 8.99. The zero-order valence-electron chi connectivity index (χ0n) is 9.29. The number of hydrogen-bond donors (Lipinski definition) is 2. The quantitative estimate of drug-likeness (QED) is 0.517. The topological polar surface area (TPSA) is 92.5 Å². The Morgan fingerprint density at radius 2 is 2.16 bits per heavy atom. The van der Waals surface area contributed by atoms with Gasteiger partial charge < -0.3 is 10.4 Å². The van der Waals surface area contributed by atoms with Crippen molar-refractivity contribution in [3.63, 3.8) is 0 Å². The van der Waals surface area contributed by atoms with E-state index in [4.69, 9.17) is 11.6 Å². The fourth-order valence-corrected chi connectivity index (χ4v) is 2.41. The number of phenols is 1. The Hall–Kier alpha value is -2.12. The van der Waals surface area contributed by atoms with Crippen LogP contribution in [-0.2, 0) is 0 Å². The number of nitro groups is 1. The molecule has 6 nitrogen and oxygen atoms in total. The molecule has 1 heterocycles. The first-order valence-electron chi connectivity index (χ1n) is 5.01. The smallest absolute Gasteiger partial charge is 0.271 e. The Balaban J connectivity index is 2.28. The van der Waals surface area contributed by atoms with Crippen LogP contribution in [0, 0.1) is 10.1 Å². The van der Waals surface area contributed by atoms with Gasteiger partial charge in [-0.15, -0.1) is 11.3 Å². The fourth-order valence-electron chi connectivity index (χ4n) is 1.37. The molecule has 0 aliphatic heterocycles. The van der Waals surface area contributed by atoms with Gasteiger partial charge in [0, 0.05) is 12.1 Å². The van der Waals surface area contributed by atoms with Crippen LogP contribution in [-0.4, -0.2) is 15.9 Å². The van der Waals surface area contributed by atoms with Crippen molar-refractivity contribution in [2.75, 3.05) is 5.32 Å². The molecule has 19 heavy (non-hydrogen) atoms. The number of halogens is 1. The highest BCUT2D eigenvalue weighted by Crippen LogP contribution is 2.29. The molecule has 2 N–H and O–H groups in total. The van der Waals surface area contributed by atoms with Crippen molar-refractivity contribution in [3.05, 3.63) is 49.7 Å². The molecular formula is C11H7ClN2O4S. The van der Waals surface area contributed by atoms with Crippen molar-refractivity contribution < 1.29 is 14.8 Å². The lowest BCUT2D eigenvalue weighted by Crippen LogP contribution is -2.11. The number of carbonyl (C=O) groups excluding carboxylic acids is 1.